The van der Waals surface area contributed by atoms with Crippen LogP contribution in [-0.2, 0) is 0 Å². The summed E-state index contributed by atoms with van der Waals surface area (Å²) in [5.41, 5.74) is -1.03. The number of hydrogen-bond acceptors (Lipinski definition) is 6. The van der Waals surface area contributed by atoms with E-state index in [-0.39, 0.29) is 45.3 Å². The van der Waals surface area contributed by atoms with Crippen LogP contribution < -0.4 is 9.47 Å². The molecule has 3 aromatic carbocycles. The molecule has 32 heavy (non-hydrogen) atoms. The van der Waals surface area contributed by atoms with Crippen molar-refractivity contribution < 1.29 is 49.1 Å². The van der Waals surface area contributed by atoms with Crippen LogP contribution in [0.1, 0.15) is 41.4 Å². The van der Waals surface area contributed by atoms with E-state index in [9.17, 15) is 19.2 Å². The number of carbonyl (C=O) groups is 4. The predicted octanol–water partition coefficient (Wildman–Crippen LogP) is 4.06. The second-order valence-corrected chi connectivity index (χ2v) is 6.39. The molecule has 0 saturated heterocycles. The highest BCUT2D eigenvalue weighted by molar-refractivity contribution is 5.95. The molecule has 0 bridgehead atoms. The van der Waals surface area contributed by atoms with E-state index in [0.29, 0.717) is 0 Å². The Hall–Kier alpha value is -4.86. The van der Waals surface area contributed by atoms with Gasteiger partial charge in [-0.3, -0.25) is 0 Å². The van der Waals surface area contributed by atoms with Crippen molar-refractivity contribution in [3.63, 3.8) is 0 Å². The lowest BCUT2D eigenvalue weighted by atomic mass is 10.1. The van der Waals surface area contributed by atoms with Gasteiger partial charge in [0, 0.05) is 0 Å². The van der Waals surface area contributed by atoms with Crippen molar-refractivity contribution in [3.8, 4) is 23.0 Å². The topological polar surface area (TPSA) is 168 Å². The average molecular weight is 438 g/mol. The summed E-state index contributed by atoms with van der Waals surface area (Å²) in [6.45, 7) is 0. The fourth-order valence-corrected chi connectivity index (χ4v) is 2.66. The van der Waals surface area contributed by atoms with Gasteiger partial charge in [-0.2, -0.15) is 0 Å². The van der Waals surface area contributed by atoms with Crippen LogP contribution in [0.25, 0.3) is 0 Å². The Morgan fingerprint density at radius 3 is 0.906 bits per heavy atom. The summed E-state index contributed by atoms with van der Waals surface area (Å²) in [5, 5.41) is 36.5. The highest BCUT2D eigenvalue weighted by atomic mass is 16.5. The highest BCUT2D eigenvalue weighted by Gasteiger charge is 2.14. The molecular formula is C22H14O10. The van der Waals surface area contributed by atoms with Gasteiger partial charge in [0.1, 0.15) is 23.0 Å². The van der Waals surface area contributed by atoms with Crippen molar-refractivity contribution in [2.45, 2.75) is 0 Å². The minimum atomic E-state index is -1.31. The van der Waals surface area contributed by atoms with E-state index >= 15 is 0 Å². The first-order valence-electron chi connectivity index (χ1n) is 8.81. The fourth-order valence-electron chi connectivity index (χ4n) is 2.66. The summed E-state index contributed by atoms with van der Waals surface area (Å²) >= 11 is 0. The van der Waals surface area contributed by atoms with Gasteiger partial charge in [-0.05, 0) is 60.7 Å². The molecule has 0 spiro atoms. The molecule has 0 fully saturated rings. The number of rotatable bonds is 8. The zero-order valence-electron chi connectivity index (χ0n) is 16.0. The second kappa shape index (κ2) is 8.88. The van der Waals surface area contributed by atoms with Crippen LogP contribution >= 0.6 is 0 Å². The largest absolute Gasteiger partial charge is 0.478 e. The lowest BCUT2D eigenvalue weighted by Gasteiger charge is -2.10. The summed E-state index contributed by atoms with van der Waals surface area (Å²) in [5.74, 6) is -4.79. The van der Waals surface area contributed by atoms with Gasteiger partial charge < -0.3 is 29.9 Å². The Bertz CT molecular complexity index is 1070. The van der Waals surface area contributed by atoms with Crippen molar-refractivity contribution in [2.24, 2.45) is 0 Å². The molecule has 0 aliphatic heterocycles. The van der Waals surface area contributed by atoms with Gasteiger partial charge in [0.2, 0.25) is 0 Å². The zero-order chi connectivity index (χ0) is 23.4. The van der Waals surface area contributed by atoms with Crippen LogP contribution in [0.4, 0.5) is 0 Å². The third-order valence-corrected chi connectivity index (χ3v) is 4.10. The molecule has 0 aromatic heterocycles. The summed E-state index contributed by atoms with van der Waals surface area (Å²) in [4.78, 5) is 44.8. The number of benzene rings is 3. The minimum absolute atomic E-state index is 0.00349. The first-order chi connectivity index (χ1) is 15.1. The third kappa shape index (κ3) is 5.19. The van der Waals surface area contributed by atoms with Crippen LogP contribution in [0.2, 0.25) is 0 Å². The summed E-state index contributed by atoms with van der Waals surface area (Å²) in [6.07, 6.45) is 0. The molecule has 162 valence electrons. The van der Waals surface area contributed by atoms with Crippen molar-refractivity contribution in [3.05, 3.63) is 82.9 Å². The first-order valence-corrected chi connectivity index (χ1v) is 8.81. The lowest BCUT2D eigenvalue weighted by molar-refractivity contribution is 0.0676. The van der Waals surface area contributed by atoms with Crippen LogP contribution in [0.5, 0.6) is 23.0 Å². The third-order valence-electron chi connectivity index (χ3n) is 4.10. The van der Waals surface area contributed by atoms with Gasteiger partial charge in [0.05, 0.1) is 22.3 Å². The van der Waals surface area contributed by atoms with E-state index in [1.807, 2.05) is 0 Å². The van der Waals surface area contributed by atoms with Gasteiger partial charge in [0.25, 0.3) is 0 Å². The second-order valence-electron chi connectivity index (χ2n) is 6.39. The van der Waals surface area contributed by atoms with E-state index in [2.05, 4.69) is 0 Å². The van der Waals surface area contributed by atoms with Crippen LogP contribution in [0.3, 0.4) is 0 Å². The molecule has 10 nitrogen and oxygen atoms in total. The van der Waals surface area contributed by atoms with Crippen LogP contribution in [0, 0.1) is 0 Å². The molecule has 0 amide bonds. The van der Waals surface area contributed by atoms with Gasteiger partial charge in [-0.1, -0.05) is 0 Å². The molecule has 0 aliphatic carbocycles. The number of hydrogen-bond donors (Lipinski definition) is 4. The SMILES string of the molecule is O=C(O)c1cc(Oc2ccc(Oc3cc(C(=O)O)cc(C(=O)O)c3)cc2)cc(C(=O)O)c1. The number of carboxylic acid groups (broad SMARTS) is 4. The minimum Gasteiger partial charge on any atom is -0.478 e. The maximum absolute atomic E-state index is 11.2. The first kappa shape index (κ1) is 21.8. The van der Waals surface area contributed by atoms with Gasteiger partial charge in [0.15, 0.2) is 0 Å². The van der Waals surface area contributed by atoms with Crippen molar-refractivity contribution in [2.75, 3.05) is 0 Å². The van der Waals surface area contributed by atoms with E-state index in [1.54, 1.807) is 0 Å². The summed E-state index contributed by atoms with van der Waals surface area (Å²) in [7, 11) is 0. The van der Waals surface area contributed by atoms with Gasteiger partial charge in [-0.15, -0.1) is 0 Å². The van der Waals surface area contributed by atoms with Crippen molar-refractivity contribution >= 4 is 23.9 Å². The summed E-state index contributed by atoms with van der Waals surface area (Å²) < 4.78 is 11.1. The monoisotopic (exact) mass is 438 g/mol. The van der Waals surface area contributed by atoms with Gasteiger partial charge >= 0.3 is 23.9 Å². The number of aromatic carboxylic acids is 4. The fraction of sp³-hybridized carbons (Fsp3) is 0. The summed E-state index contributed by atoms with van der Waals surface area (Å²) in [6, 6.07) is 12.5. The van der Waals surface area contributed by atoms with Gasteiger partial charge in [-0.25, -0.2) is 19.2 Å². The molecule has 0 radical (unpaired) electrons. The van der Waals surface area contributed by atoms with E-state index < -0.39 is 23.9 Å². The normalized spacial score (nSPS) is 10.2. The molecule has 0 heterocycles. The molecule has 4 N–H and O–H groups in total. The molecular weight excluding hydrogens is 424 g/mol. The van der Waals surface area contributed by atoms with E-state index in [0.717, 1.165) is 12.1 Å². The predicted molar refractivity (Wildman–Crippen MR) is 107 cm³/mol. The molecule has 3 aromatic rings. The number of ether oxygens (including phenoxy) is 2. The van der Waals surface area contributed by atoms with Crippen LogP contribution in [0.15, 0.2) is 60.7 Å². The highest BCUT2D eigenvalue weighted by Crippen LogP contribution is 2.29. The molecule has 0 atom stereocenters. The Morgan fingerprint density at radius 2 is 0.688 bits per heavy atom. The molecule has 3 rings (SSSR count). The lowest BCUT2D eigenvalue weighted by Crippen LogP contribution is -2.03. The van der Waals surface area contributed by atoms with Crippen molar-refractivity contribution in [1.29, 1.82) is 0 Å². The maximum atomic E-state index is 11.2. The van der Waals surface area contributed by atoms with Crippen molar-refractivity contribution in [1.82, 2.24) is 0 Å². The maximum Gasteiger partial charge on any atom is 0.335 e. The Kier molecular flexibility index (Phi) is 6.06. The number of carboxylic acids is 4. The standard InChI is InChI=1S/C22H14O10/c23-19(24)11-5-12(20(25)26)8-17(7-11)31-15-1-2-16(4-3-15)32-18-9-13(21(27)28)6-14(10-18)22(29)30/h1-10H,(H,23,24)(H,25,26)(H,27,28)(H,29,30). The van der Waals surface area contributed by atoms with Crippen LogP contribution in [-0.4, -0.2) is 44.3 Å². The van der Waals surface area contributed by atoms with E-state index in [1.165, 1.54) is 48.5 Å². The Balaban J connectivity index is 1.82. The Labute approximate surface area is 179 Å². The molecule has 0 saturated carbocycles. The smallest absolute Gasteiger partial charge is 0.335 e. The average Bonchev–Trinajstić information content (AvgIpc) is 2.74. The zero-order valence-corrected chi connectivity index (χ0v) is 16.0. The van der Waals surface area contributed by atoms with E-state index in [4.69, 9.17) is 29.9 Å². The molecule has 0 aliphatic rings. The quantitative estimate of drug-likeness (QED) is 0.402. The molecule has 10 heteroatoms. The molecule has 0 unspecified atom stereocenters. The Morgan fingerprint density at radius 1 is 0.438 bits per heavy atom.